The van der Waals surface area contributed by atoms with Gasteiger partial charge in [-0.1, -0.05) is 18.2 Å². The summed E-state index contributed by atoms with van der Waals surface area (Å²) < 4.78 is 24.9. The molecule has 2 heterocycles. The lowest BCUT2D eigenvalue weighted by molar-refractivity contribution is -0.0590. The van der Waals surface area contributed by atoms with Crippen LogP contribution in [-0.4, -0.2) is 41.8 Å². The fourth-order valence-electron chi connectivity index (χ4n) is 3.92. The van der Waals surface area contributed by atoms with Crippen LogP contribution in [0.2, 0.25) is 0 Å². The molecule has 2 aromatic rings. The van der Waals surface area contributed by atoms with Gasteiger partial charge in [0, 0.05) is 31.4 Å². The van der Waals surface area contributed by atoms with Crippen molar-refractivity contribution < 1.29 is 13.9 Å². The number of morpholine rings is 1. The van der Waals surface area contributed by atoms with Gasteiger partial charge in [-0.3, -0.25) is 4.90 Å². The van der Waals surface area contributed by atoms with Crippen LogP contribution in [0, 0.1) is 11.7 Å². The quantitative estimate of drug-likeness (QED) is 0.835. The average molecular weight is 342 g/mol. The number of nitrogens with zero attached hydrogens (tertiary/aromatic N) is 2. The molecule has 1 aromatic heterocycles. The Labute approximate surface area is 147 Å². The van der Waals surface area contributed by atoms with Gasteiger partial charge in [-0.2, -0.15) is 0 Å². The number of benzene rings is 1. The highest BCUT2D eigenvalue weighted by Crippen LogP contribution is 2.35. The van der Waals surface area contributed by atoms with E-state index in [1.165, 1.54) is 12.1 Å². The minimum Gasteiger partial charge on any atom is -0.477 e. The number of aromatic nitrogens is 1. The standard InChI is InChI=1S/C20H23FN2O2/c21-17-6-4-15(5-7-17)13-23-9-10-24-19-12-16(11-18(19)23)14-25-20-3-1-2-8-22-20/h1-8,16,18-19H,9-14H2/t16-,18-,19+/m0/s1. The number of hydrogen-bond donors (Lipinski definition) is 0. The molecule has 1 aliphatic carbocycles. The molecule has 4 rings (SSSR count). The Morgan fingerprint density at radius 3 is 2.84 bits per heavy atom. The van der Waals surface area contributed by atoms with E-state index in [9.17, 15) is 4.39 Å². The summed E-state index contributed by atoms with van der Waals surface area (Å²) in [5, 5.41) is 0. The molecule has 25 heavy (non-hydrogen) atoms. The Kier molecular flexibility index (Phi) is 4.95. The summed E-state index contributed by atoms with van der Waals surface area (Å²) in [6, 6.07) is 12.9. The summed E-state index contributed by atoms with van der Waals surface area (Å²) in [6.45, 7) is 3.21. The van der Waals surface area contributed by atoms with Gasteiger partial charge in [-0.15, -0.1) is 0 Å². The second-order valence-electron chi connectivity index (χ2n) is 6.89. The molecule has 1 aromatic carbocycles. The lowest BCUT2D eigenvalue weighted by Crippen LogP contribution is -2.47. The lowest BCUT2D eigenvalue weighted by Gasteiger charge is -2.37. The summed E-state index contributed by atoms with van der Waals surface area (Å²) >= 11 is 0. The second-order valence-corrected chi connectivity index (χ2v) is 6.89. The molecule has 4 nitrogen and oxygen atoms in total. The normalized spacial score (nSPS) is 26.4. The van der Waals surface area contributed by atoms with Gasteiger partial charge >= 0.3 is 0 Å². The van der Waals surface area contributed by atoms with Gasteiger partial charge in [-0.25, -0.2) is 9.37 Å². The SMILES string of the molecule is Fc1ccc(CN2CCO[C@@H]3C[C@@H](COc4ccccn4)C[C@@H]32)cc1. The largest absolute Gasteiger partial charge is 0.477 e. The monoisotopic (exact) mass is 342 g/mol. The third-order valence-corrected chi connectivity index (χ3v) is 5.15. The fraction of sp³-hybridized carbons (Fsp3) is 0.450. The maximum Gasteiger partial charge on any atom is 0.213 e. The van der Waals surface area contributed by atoms with Gasteiger partial charge in [0.2, 0.25) is 5.88 Å². The highest BCUT2D eigenvalue weighted by molar-refractivity contribution is 5.16. The minimum atomic E-state index is -0.184. The van der Waals surface area contributed by atoms with Gasteiger partial charge < -0.3 is 9.47 Å². The van der Waals surface area contributed by atoms with Gasteiger partial charge in [0.05, 0.1) is 19.3 Å². The smallest absolute Gasteiger partial charge is 0.213 e. The second kappa shape index (κ2) is 7.50. The van der Waals surface area contributed by atoms with Gasteiger partial charge in [0.25, 0.3) is 0 Å². The molecule has 5 heteroatoms. The van der Waals surface area contributed by atoms with Gasteiger partial charge in [-0.05, 0) is 42.5 Å². The van der Waals surface area contributed by atoms with Crippen LogP contribution in [0.1, 0.15) is 18.4 Å². The molecule has 1 aliphatic heterocycles. The van der Waals surface area contributed by atoms with Crippen LogP contribution in [0.25, 0.3) is 0 Å². The van der Waals surface area contributed by atoms with E-state index in [0.29, 0.717) is 24.4 Å². The zero-order valence-electron chi connectivity index (χ0n) is 14.2. The van der Waals surface area contributed by atoms with E-state index in [0.717, 1.165) is 38.1 Å². The van der Waals surface area contributed by atoms with Crippen LogP contribution in [0.4, 0.5) is 4.39 Å². The molecular weight excluding hydrogens is 319 g/mol. The molecule has 0 N–H and O–H groups in total. The zero-order valence-corrected chi connectivity index (χ0v) is 14.2. The molecule has 2 fully saturated rings. The highest BCUT2D eigenvalue weighted by Gasteiger charge is 2.41. The Bertz CT molecular complexity index is 680. The van der Waals surface area contributed by atoms with E-state index in [1.54, 1.807) is 6.20 Å². The van der Waals surface area contributed by atoms with Crippen LogP contribution < -0.4 is 4.74 Å². The Morgan fingerprint density at radius 1 is 1.16 bits per heavy atom. The van der Waals surface area contributed by atoms with E-state index < -0.39 is 0 Å². The third-order valence-electron chi connectivity index (χ3n) is 5.15. The molecule has 0 radical (unpaired) electrons. The highest BCUT2D eigenvalue weighted by atomic mass is 19.1. The van der Waals surface area contributed by atoms with Crippen molar-refractivity contribution in [3.8, 4) is 5.88 Å². The van der Waals surface area contributed by atoms with E-state index >= 15 is 0 Å². The van der Waals surface area contributed by atoms with Crippen molar-refractivity contribution in [1.29, 1.82) is 0 Å². The Balaban J connectivity index is 1.35. The first-order valence-electron chi connectivity index (χ1n) is 8.92. The molecule has 132 valence electrons. The predicted octanol–water partition coefficient (Wildman–Crippen LogP) is 3.28. The summed E-state index contributed by atoms with van der Waals surface area (Å²) in [6.07, 6.45) is 4.11. The molecule has 0 unspecified atom stereocenters. The van der Waals surface area contributed by atoms with Crippen LogP contribution in [0.3, 0.4) is 0 Å². The number of pyridine rings is 1. The van der Waals surface area contributed by atoms with Crippen molar-refractivity contribution >= 4 is 0 Å². The van der Waals surface area contributed by atoms with Crippen LogP contribution >= 0.6 is 0 Å². The number of hydrogen-bond acceptors (Lipinski definition) is 4. The first-order valence-corrected chi connectivity index (χ1v) is 8.92. The molecule has 0 amide bonds. The van der Waals surface area contributed by atoms with Crippen LogP contribution in [0.15, 0.2) is 48.7 Å². The van der Waals surface area contributed by atoms with Crippen molar-refractivity contribution in [2.75, 3.05) is 19.8 Å². The Hall–Kier alpha value is -1.98. The van der Waals surface area contributed by atoms with E-state index in [4.69, 9.17) is 9.47 Å². The topological polar surface area (TPSA) is 34.6 Å². The maximum atomic E-state index is 13.1. The molecule has 0 bridgehead atoms. The average Bonchev–Trinajstić information content (AvgIpc) is 3.07. The molecule has 0 spiro atoms. The summed E-state index contributed by atoms with van der Waals surface area (Å²) in [5.41, 5.74) is 1.15. The van der Waals surface area contributed by atoms with E-state index in [1.807, 2.05) is 30.3 Å². The molecule has 1 saturated heterocycles. The summed E-state index contributed by atoms with van der Waals surface area (Å²) in [5.74, 6) is 0.975. The summed E-state index contributed by atoms with van der Waals surface area (Å²) in [4.78, 5) is 6.69. The molecule has 3 atom stereocenters. The first-order chi connectivity index (χ1) is 12.3. The first kappa shape index (κ1) is 16.5. The number of ether oxygens (including phenoxy) is 2. The number of halogens is 1. The summed E-state index contributed by atoms with van der Waals surface area (Å²) in [7, 11) is 0. The Morgan fingerprint density at radius 2 is 2.04 bits per heavy atom. The van der Waals surface area contributed by atoms with E-state index in [2.05, 4.69) is 9.88 Å². The minimum absolute atomic E-state index is 0.184. The maximum absolute atomic E-state index is 13.1. The number of rotatable bonds is 5. The lowest BCUT2D eigenvalue weighted by atomic mass is 10.1. The predicted molar refractivity (Wildman–Crippen MR) is 92.8 cm³/mol. The molecular formula is C20H23FN2O2. The van der Waals surface area contributed by atoms with Crippen molar-refractivity contribution in [3.05, 3.63) is 60.0 Å². The van der Waals surface area contributed by atoms with Gasteiger partial charge in [0.1, 0.15) is 5.82 Å². The number of fused-ring (bicyclic) bond motifs is 1. The zero-order chi connectivity index (χ0) is 17.1. The van der Waals surface area contributed by atoms with Crippen LogP contribution in [0.5, 0.6) is 5.88 Å². The van der Waals surface area contributed by atoms with Crippen molar-refractivity contribution in [1.82, 2.24) is 9.88 Å². The fourth-order valence-corrected chi connectivity index (χ4v) is 3.92. The van der Waals surface area contributed by atoms with Crippen molar-refractivity contribution in [2.24, 2.45) is 5.92 Å². The van der Waals surface area contributed by atoms with Gasteiger partial charge in [0.15, 0.2) is 0 Å². The van der Waals surface area contributed by atoms with Crippen molar-refractivity contribution in [3.63, 3.8) is 0 Å². The third kappa shape index (κ3) is 3.99. The molecule has 1 saturated carbocycles. The van der Waals surface area contributed by atoms with Crippen molar-refractivity contribution in [2.45, 2.75) is 31.5 Å². The van der Waals surface area contributed by atoms with Crippen LogP contribution in [-0.2, 0) is 11.3 Å². The van der Waals surface area contributed by atoms with E-state index in [-0.39, 0.29) is 11.9 Å². The molecule has 2 aliphatic rings.